The summed E-state index contributed by atoms with van der Waals surface area (Å²) in [7, 11) is 0. The second-order valence-electron chi connectivity index (χ2n) is 9.07. The average Bonchev–Trinajstić information content (AvgIpc) is 2.73. The molecule has 1 aliphatic rings. The second kappa shape index (κ2) is 16.8. The van der Waals surface area contributed by atoms with Crippen LogP contribution in [0.1, 0.15) is 110 Å². The third kappa shape index (κ3) is 12.2. The van der Waals surface area contributed by atoms with Gasteiger partial charge in [-0.3, -0.25) is 4.79 Å². The molecule has 1 fully saturated rings. The summed E-state index contributed by atoms with van der Waals surface area (Å²) >= 11 is 0. The van der Waals surface area contributed by atoms with Crippen LogP contribution in [0.5, 0.6) is 0 Å². The smallest absolute Gasteiger partial charge is 0.305 e. The lowest BCUT2D eigenvalue weighted by Crippen LogP contribution is -2.58. The highest BCUT2D eigenvalue weighted by molar-refractivity contribution is 5.67. The summed E-state index contributed by atoms with van der Waals surface area (Å²) in [6.45, 7) is 3.82. The van der Waals surface area contributed by atoms with E-state index in [9.17, 15) is 20.1 Å². The van der Waals surface area contributed by atoms with Crippen molar-refractivity contribution < 1.29 is 34.7 Å². The molecule has 6 atom stereocenters. The highest BCUT2D eigenvalue weighted by Crippen LogP contribution is 2.25. The molecule has 0 amide bonds. The van der Waals surface area contributed by atoms with Crippen molar-refractivity contribution in [2.45, 2.75) is 147 Å². The highest BCUT2D eigenvalue weighted by atomic mass is 16.7. The van der Waals surface area contributed by atoms with Gasteiger partial charge in [0.05, 0.1) is 18.6 Å². The number of rotatable bonds is 18. The van der Waals surface area contributed by atoms with Gasteiger partial charge < -0.3 is 29.9 Å². The molecule has 0 radical (unpaired) electrons. The molecule has 4 N–H and O–H groups in total. The molecule has 1 heterocycles. The highest BCUT2D eigenvalue weighted by Gasteiger charge is 2.43. The Morgan fingerprint density at radius 3 is 1.77 bits per heavy atom. The topological polar surface area (TPSA) is 116 Å². The number of hydrogen-bond acceptors (Lipinski definition) is 6. The van der Waals surface area contributed by atoms with Gasteiger partial charge in [-0.05, 0) is 13.3 Å². The minimum absolute atomic E-state index is 0.183. The first-order chi connectivity index (χ1) is 14.9. The van der Waals surface area contributed by atoms with Crippen LogP contribution in [-0.2, 0) is 14.3 Å². The standard InChI is InChI=1S/C24H46O7/c1-3-4-5-6-7-8-9-10-11-12-13-14-15-16-19(17-20(25)26)31-24-23(29)22(28)21(27)18(2)30-24/h18-19,21-24,27-29H,3-17H2,1-2H3,(H,25,26)/t18-,19?,21-,22+,23+,24?/m0/s1. The van der Waals surface area contributed by atoms with Gasteiger partial charge >= 0.3 is 5.97 Å². The largest absolute Gasteiger partial charge is 0.481 e. The summed E-state index contributed by atoms with van der Waals surface area (Å²) in [5.41, 5.74) is 0. The third-order valence-electron chi connectivity index (χ3n) is 6.17. The molecule has 0 aromatic carbocycles. The number of ether oxygens (including phenoxy) is 2. The molecule has 0 bridgehead atoms. The zero-order valence-electron chi connectivity index (χ0n) is 19.6. The van der Waals surface area contributed by atoms with Gasteiger partial charge in [-0.15, -0.1) is 0 Å². The zero-order valence-corrected chi connectivity index (χ0v) is 19.6. The Hall–Kier alpha value is -0.730. The van der Waals surface area contributed by atoms with E-state index >= 15 is 0 Å². The molecule has 1 saturated heterocycles. The van der Waals surface area contributed by atoms with E-state index in [2.05, 4.69) is 6.92 Å². The normalized spacial score (nSPS) is 27.3. The van der Waals surface area contributed by atoms with Crippen LogP contribution in [-0.4, -0.2) is 63.2 Å². The van der Waals surface area contributed by atoms with E-state index in [1.54, 1.807) is 6.92 Å². The predicted octanol–water partition coefficient (Wildman–Crippen LogP) is 4.16. The first kappa shape index (κ1) is 28.3. The number of hydrogen-bond donors (Lipinski definition) is 4. The predicted molar refractivity (Wildman–Crippen MR) is 120 cm³/mol. The summed E-state index contributed by atoms with van der Waals surface area (Å²) in [6, 6.07) is 0. The van der Waals surface area contributed by atoms with E-state index in [0.717, 1.165) is 19.3 Å². The summed E-state index contributed by atoms with van der Waals surface area (Å²) in [6.07, 6.45) is 10.1. The summed E-state index contributed by atoms with van der Waals surface area (Å²) in [5.74, 6) is -0.973. The molecule has 31 heavy (non-hydrogen) atoms. The van der Waals surface area contributed by atoms with Gasteiger partial charge in [0.1, 0.15) is 18.3 Å². The van der Waals surface area contributed by atoms with E-state index in [0.29, 0.717) is 6.42 Å². The van der Waals surface area contributed by atoms with Crippen molar-refractivity contribution >= 4 is 5.97 Å². The molecule has 0 aromatic heterocycles. The van der Waals surface area contributed by atoms with E-state index in [1.165, 1.54) is 64.2 Å². The van der Waals surface area contributed by atoms with Crippen LogP contribution >= 0.6 is 0 Å². The van der Waals surface area contributed by atoms with Crippen molar-refractivity contribution in [3.63, 3.8) is 0 Å². The Morgan fingerprint density at radius 1 is 0.806 bits per heavy atom. The maximum Gasteiger partial charge on any atom is 0.305 e. The van der Waals surface area contributed by atoms with Gasteiger partial charge in [0.25, 0.3) is 0 Å². The summed E-state index contributed by atoms with van der Waals surface area (Å²) < 4.78 is 11.1. The lowest BCUT2D eigenvalue weighted by molar-refractivity contribution is -0.304. The number of aliphatic hydroxyl groups excluding tert-OH is 3. The van der Waals surface area contributed by atoms with Crippen LogP contribution in [0.2, 0.25) is 0 Å². The van der Waals surface area contributed by atoms with E-state index < -0.39 is 42.8 Å². The third-order valence-corrected chi connectivity index (χ3v) is 6.17. The fourth-order valence-corrected chi connectivity index (χ4v) is 4.12. The first-order valence-electron chi connectivity index (χ1n) is 12.4. The van der Waals surface area contributed by atoms with E-state index in [-0.39, 0.29) is 6.42 Å². The summed E-state index contributed by atoms with van der Waals surface area (Å²) in [4.78, 5) is 11.2. The van der Waals surface area contributed by atoms with Gasteiger partial charge in [-0.2, -0.15) is 0 Å². The summed E-state index contributed by atoms with van der Waals surface area (Å²) in [5, 5.41) is 38.9. The molecular weight excluding hydrogens is 400 g/mol. The maximum absolute atomic E-state index is 11.2. The Labute approximate surface area is 188 Å². The average molecular weight is 447 g/mol. The number of unbranched alkanes of at least 4 members (excludes halogenated alkanes) is 12. The molecule has 2 unspecified atom stereocenters. The number of carboxylic acids is 1. The van der Waals surface area contributed by atoms with Crippen molar-refractivity contribution in [2.24, 2.45) is 0 Å². The lowest BCUT2D eigenvalue weighted by atomic mass is 9.99. The van der Waals surface area contributed by atoms with Crippen molar-refractivity contribution in [1.29, 1.82) is 0 Å². The molecule has 0 aromatic rings. The molecule has 0 saturated carbocycles. The second-order valence-corrected chi connectivity index (χ2v) is 9.07. The van der Waals surface area contributed by atoms with Crippen LogP contribution in [0.25, 0.3) is 0 Å². The van der Waals surface area contributed by atoms with E-state index in [4.69, 9.17) is 14.6 Å². The van der Waals surface area contributed by atoms with Crippen LogP contribution in [0.4, 0.5) is 0 Å². The van der Waals surface area contributed by atoms with Crippen LogP contribution in [0.15, 0.2) is 0 Å². The minimum atomic E-state index is -1.41. The first-order valence-corrected chi connectivity index (χ1v) is 12.4. The van der Waals surface area contributed by atoms with Gasteiger partial charge in [-0.25, -0.2) is 0 Å². The Morgan fingerprint density at radius 2 is 1.29 bits per heavy atom. The van der Waals surface area contributed by atoms with Gasteiger partial charge in [0.15, 0.2) is 6.29 Å². The van der Waals surface area contributed by atoms with Gasteiger partial charge in [0, 0.05) is 0 Å². The van der Waals surface area contributed by atoms with Crippen LogP contribution in [0.3, 0.4) is 0 Å². The Balaban J connectivity index is 2.16. The quantitative estimate of drug-likeness (QED) is 0.234. The van der Waals surface area contributed by atoms with E-state index in [1.807, 2.05) is 0 Å². The minimum Gasteiger partial charge on any atom is -0.481 e. The maximum atomic E-state index is 11.2. The molecule has 7 heteroatoms. The molecule has 0 aliphatic carbocycles. The van der Waals surface area contributed by atoms with Crippen molar-refractivity contribution in [1.82, 2.24) is 0 Å². The van der Waals surface area contributed by atoms with Crippen LogP contribution in [0, 0.1) is 0 Å². The Kier molecular flexibility index (Phi) is 15.4. The van der Waals surface area contributed by atoms with Crippen molar-refractivity contribution in [3.8, 4) is 0 Å². The number of aliphatic hydroxyl groups is 3. The van der Waals surface area contributed by atoms with Crippen LogP contribution < -0.4 is 0 Å². The molecular formula is C24H46O7. The fourth-order valence-electron chi connectivity index (χ4n) is 4.12. The van der Waals surface area contributed by atoms with Gasteiger partial charge in [0.2, 0.25) is 0 Å². The fraction of sp³-hybridized carbons (Fsp3) is 0.958. The molecule has 7 nitrogen and oxygen atoms in total. The van der Waals surface area contributed by atoms with Gasteiger partial charge in [-0.1, -0.05) is 90.4 Å². The molecule has 1 rings (SSSR count). The number of aliphatic carboxylic acids is 1. The lowest BCUT2D eigenvalue weighted by Gasteiger charge is -2.40. The zero-order chi connectivity index (χ0) is 23.1. The number of carboxylic acid groups (broad SMARTS) is 1. The monoisotopic (exact) mass is 446 g/mol. The molecule has 184 valence electrons. The molecule has 0 spiro atoms. The van der Waals surface area contributed by atoms with Crippen molar-refractivity contribution in [2.75, 3.05) is 0 Å². The number of carbonyl (C=O) groups is 1. The molecule has 1 aliphatic heterocycles. The SMILES string of the molecule is CCCCCCCCCCCCCCCC(CC(=O)O)OC1O[C@@H](C)[C@H](O)[C@@H](O)[C@H]1O. The van der Waals surface area contributed by atoms with Crippen molar-refractivity contribution in [3.05, 3.63) is 0 Å². The Bertz CT molecular complexity index is 459.